The molecule has 0 saturated heterocycles. The molecule has 0 unspecified atom stereocenters. The summed E-state index contributed by atoms with van der Waals surface area (Å²) in [6, 6.07) is 6.31. The zero-order chi connectivity index (χ0) is 25.6. The summed E-state index contributed by atoms with van der Waals surface area (Å²) in [6.45, 7) is 14.9. The minimum Gasteiger partial charge on any atom is -0.506 e. The van der Waals surface area contributed by atoms with Crippen LogP contribution in [-0.4, -0.2) is 22.7 Å². The van der Waals surface area contributed by atoms with Crippen molar-refractivity contribution in [3.63, 3.8) is 0 Å². The summed E-state index contributed by atoms with van der Waals surface area (Å²) in [4.78, 5) is 26.2. The van der Waals surface area contributed by atoms with Crippen LogP contribution in [0.3, 0.4) is 0 Å². The fourth-order valence-corrected chi connectivity index (χ4v) is 5.22. The Balaban J connectivity index is 2.53. The first-order valence-electron chi connectivity index (χ1n) is 10.7. The minimum absolute atomic E-state index is 0.126. The van der Waals surface area contributed by atoms with E-state index in [0.717, 1.165) is 16.7 Å². The number of allylic oxidation sites excluding steroid dienone is 2. The highest BCUT2D eigenvalue weighted by Gasteiger charge is 2.28. The molecule has 0 aromatic heterocycles. The summed E-state index contributed by atoms with van der Waals surface area (Å²) < 4.78 is 6.54. The topological polar surface area (TPSA) is 87.7 Å². The first kappa shape index (κ1) is 28.2. The largest absolute Gasteiger partial charge is 0.506 e. The predicted molar refractivity (Wildman–Crippen MR) is 153 cm³/mol. The summed E-state index contributed by atoms with van der Waals surface area (Å²) in [5, 5.41) is 15.9. The number of halogens is 2. The maximum Gasteiger partial charge on any atom is 0.408 e. The molecule has 3 N–H and O–H groups in total. The molecule has 2 aromatic rings. The standard InChI is InChI=1S/C26H30I2N2O4/c1-7-9-16-11-15(3)12-17(10-8-2)21(16)29-24(32)22(30-25(33)34-26(4,5)6)18-13-19(27)23(31)20(28)14-18/h7-8,11-14,22,31H,1-2,9-10H2,3-6H3,(H,29,32)(H,30,33)/t22-/m1/s1. The van der Waals surface area contributed by atoms with E-state index in [9.17, 15) is 14.7 Å². The lowest BCUT2D eigenvalue weighted by Crippen LogP contribution is -2.40. The number of aromatic hydroxyl groups is 1. The fraction of sp³-hybridized carbons (Fsp3) is 0.308. The van der Waals surface area contributed by atoms with Gasteiger partial charge in [-0.3, -0.25) is 4.79 Å². The second kappa shape index (κ2) is 12.1. The number of nitrogens with one attached hydrogen (secondary N) is 2. The molecule has 2 amide bonds. The van der Waals surface area contributed by atoms with Crippen molar-refractivity contribution in [3.05, 3.63) is 79.0 Å². The van der Waals surface area contributed by atoms with Crippen LogP contribution in [0, 0.1) is 14.1 Å². The normalized spacial score (nSPS) is 11.9. The lowest BCUT2D eigenvalue weighted by molar-refractivity contribution is -0.118. The van der Waals surface area contributed by atoms with E-state index in [1.165, 1.54) is 0 Å². The van der Waals surface area contributed by atoms with Crippen LogP contribution in [0.15, 0.2) is 49.6 Å². The average Bonchev–Trinajstić information content (AvgIpc) is 2.71. The Morgan fingerprint density at radius 1 is 1.06 bits per heavy atom. The number of benzene rings is 2. The maximum atomic E-state index is 13.6. The number of ether oxygens (including phenoxy) is 1. The molecule has 0 heterocycles. The summed E-state index contributed by atoms with van der Waals surface area (Å²) >= 11 is 3.99. The Morgan fingerprint density at radius 3 is 2.00 bits per heavy atom. The fourth-order valence-electron chi connectivity index (χ4n) is 3.41. The van der Waals surface area contributed by atoms with E-state index in [2.05, 4.69) is 23.8 Å². The number of hydrogen-bond donors (Lipinski definition) is 3. The van der Waals surface area contributed by atoms with E-state index >= 15 is 0 Å². The Labute approximate surface area is 228 Å². The van der Waals surface area contributed by atoms with Gasteiger partial charge in [0, 0.05) is 5.69 Å². The maximum absolute atomic E-state index is 13.6. The molecule has 0 spiro atoms. The van der Waals surface area contributed by atoms with Crippen LogP contribution in [-0.2, 0) is 22.4 Å². The average molecular weight is 688 g/mol. The van der Waals surface area contributed by atoms with Crippen molar-refractivity contribution >= 4 is 62.9 Å². The number of carbonyl (C=O) groups is 2. The number of carbonyl (C=O) groups excluding carboxylic acids is 2. The molecule has 34 heavy (non-hydrogen) atoms. The predicted octanol–water partition coefficient (Wildman–Crippen LogP) is 6.57. The quantitative estimate of drug-likeness (QED) is 0.217. The van der Waals surface area contributed by atoms with E-state index in [0.29, 0.717) is 31.2 Å². The van der Waals surface area contributed by atoms with Gasteiger partial charge in [0.1, 0.15) is 17.4 Å². The Morgan fingerprint density at radius 2 is 1.56 bits per heavy atom. The van der Waals surface area contributed by atoms with E-state index < -0.39 is 23.6 Å². The molecule has 0 saturated carbocycles. The summed E-state index contributed by atoms with van der Waals surface area (Å²) in [6.07, 6.45) is 3.99. The third-order valence-electron chi connectivity index (χ3n) is 4.72. The van der Waals surface area contributed by atoms with Crippen LogP contribution in [0.25, 0.3) is 0 Å². The zero-order valence-corrected chi connectivity index (χ0v) is 24.1. The van der Waals surface area contributed by atoms with E-state index in [-0.39, 0.29) is 5.75 Å². The van der Waals surface area contributed by atoms with Crippen molar-refractivity contribution in [2.45, 2.75) is 52.2 Å². The van der Waals surface area contributed by atoms with Crippen molar-refractivity contribution in [1.29, 1.82) is 0 Å². The van der Waals surface area contributed by atoms with Crippen LogP contribution in [0.1, 0.15) is 49.1 Å². The number of hydrogen-bond acceptors (Lipinski definition) is 4. The van der Waals surface area contributed by atoms with Gasteiger partial charge in [0.2, 0.25) is 0 Å². The zero-order valence-electron chi connectivity index (χ0n) is 19.8. The van der Waals surface area contributed by atoms with Crippen LogP contribution in [0.5, 0.6) is 5.75 Å². The molecule has 2 rings (SSSR count). The lowest BCUT2D eigenvalue weighted by Gasteiger charge is -2.25. The molecule has 0 aliphatic carbocycles. The van der Waals surface area contributed by atoms with Gasteiger partial charge in [-0.05, 0) is 115 Å². The molecule has 0 radical (unpaired) electrons. The SMILES string of the molecule is C=CCc1cc(C)cc(CC=C)c1NC(=O)[C@H](NC(=O)OC(C)(C)C)c1cc(I)c(O)c(I)c1. The van der Waals surface area contributed by atoms with Crippen LogP contribution in [0.2, 0.25) is 0 Å². The van der Waals surface area contributed by atoms with Gasteiger partial charge in [-0.15, -0.1) is 13.2 Å². The molecule has 0 fully saturated rings. The Bertz CT molecular complexity index is 1050. The van der Waals surface area contributed by atoms with Crippen LogP contribution >= 0.6 is 45.2 Å². The number of alkyl carbamates (subject to hydrolysis) is 1. The van der Waals surface area contributed by atoms with Crippen molar-refractivity contribution in [1.82, 2.24) is 5.32 Å². The first-order valence-corrected chi connectivity index (χ1v) is 12.8. The van der Waals surface area contributed by atoms with Crippen molar-refractivity contribution in [2.75, 3.05) is 5.32 Å². The third-order valence-corrected chi connectivity index (χ3v) is 6.36. The van der Waals surface area contributed by atoms with Crippen molar-refractivity contribution < 1.29 is 19.4 Å². The lowest BCUT2D eigenvalue weighted by atomic mass is 9.98. The van der Waals surface area contributed by atoms with Gasteiger partial charge in [-0.25, -0.2) is 4.79 Å². The molecular formula is C26H30I2N2O4. The second-order valence-electron chi connectivity index (χ2n) is 8.85. The summed E-state index contributed by atoms with van der Waals surface area (Å²) in [7, 11) is 0. The smallest absolute Gasteiger partial charge is 0.408 e. The molecule has 8 heteroatoms. The van der Waals surface area contributed by atoms with Gasteiger partial charge in [-0.1, -0.05) is 29.8 Å². The van der Waals surface area contributed by atoms with Gasteiger partial charge in [0.15, 0.2) is 0 Å². The molecule has 2 aromatic carbocycles. The van der Waals surface area contributed by atoms with E-state index in [4.69, 9.17) is 4.74 Å². The molecule has 0 aliphatic heterocycles. The minimum atomic E-state index is -1.05. The van der Waals surface area contributed by atoms with E-state index in [1.807, 2.05) is 64.2 Å². The molecular weight excluding hydrogens is 658 g/mol. The number of phenols is 1. The Hall–Kier alpha value is -2.08. The number of rotatable bonds is 8. The summed E-state index contributed by atoms with van der Waals surface area (Å²) in [5.74, 6) is -0.302. The molecule has 6 nitrogen and oxygen atoms in total. The summed E-state index contributed by atoms with van der Waals surface area (Å²) in [5.41, 5.74) is 3.39. The van der Waals surface area contributed by atoms with Crippen LogP contribution < -0.4 is 10.6 Å². The highest BCUT2D eigenvalue weighted by molar-refractivity contribution is 14.1. The van der Waals surface area contributed by atoms with Gasteiger partial charge >= 0.3 is 6.09 Å². The highest BCUT2D eigenvalue weighted by atomic mass is 127. The van der Waals surface area contributed by atoms with Gasteiger partial charge in [0.25, 0.3) is 5.91 Å². The molecule has 0 aliphatic rings. The monoisotopic (exact) mass is 688 g/mol. The molecule has 182 valence electrons. The Kier molecular flexibility index (Phi) is 9.98. The number of anilines is 1. The number of phenolic OH excluding ortho intramolecular Hbond substituents is 1. The highest BCUT2D eigenvalue weighted by Crippen LogP contribution is 2.32. The first-order chi connectivity index (χ1) is 15.9. The number of amides is 2. The van der Waals surface area contributed by atoms with E-state index in [1.54, 1.807) is 45.1 Å². The third kappa shape index (κ3) is 7.72. The second-order valence-corrected chi connectivity index (χ2v) is 11.2. The number of aryl methyl sites for hydroxylation is 1. The molecule has 0 bridgehead atoms. The van der Waals surface area contributed by atoms with Crippen molar-refractivity contribution in [2.24, 2.45) is 0 Å². The van der Waals surface area contributed by atoms with Crippen molar-refractivity contribution in [3.8, 4) is 5.75 Å². The molecule has 1 atom stereocenters. The van der Waals surface area contributed by atoms with Gasteiger partial charge in [0.05, 0.1) is 7.14 Å². The van der Waals surface area contributed by atoms with Gasteiger partial charge < -0.3 is 20.5 Å². The van der Waals surface area contributed by atoms with Gasteiger partial charge in [-0.2, -0.15) is 0 Å². The van der Waals surface area contributed by atoms with Crippen LogP contribution in [0.4, 0.5) is 10.5 Å².